The van der Waals surface area contributed by atoms with Crippen molar-refractivity contribution < 1.29 is 28.0 Å². The van der Waals surface area contributed by atoms with E-state index < -0.39 is 32.9 Å². The predicted molar refractivity (Wildman–Crippen MR) is 110 cm³/mol. The third kappa shape index (κ3) is 4.95. The van der Waals surface area contributed by atoms with E-state index in [1.54, 1.807) is 26.8 Å². The molecule has 0 bridgehead atoms. The standard InChI is InChI=1S/C20H24N2O7S/c1-13(2)19(20(23)24)21(12-15-6-5-14(3)18(11-15)22(25)26)30(27,28)17-9-7-16(29-4)8-10-17/h5-11,13,19H,12H2,1-4H3,(H,23,24)/t19-/m1/s1. The Bertz CT molecular complexity index is 1030. The van der Waals surface area contributed by atoms with Gasteiger partial charge in [-0.2, -0.15) is 4.31 Å². The highest BCUT2D eigenvalue weighted by atomic mass is 32.2. The highest BCUT2D eigenvalue weighted by Crippen LogP contribution is 2.28. The van der Waals surface area contributed by atoms with Crippen LogP contribution in [0.1, 0.15) is 25.0 Å². The summed E-state index contributed by atoms with van der Waals surface area (Å²) < 4.78 is 32.6. The number of carbonyl (C=O) groups is 1. The van der Waals surface area contributed by atoms with E-state index in [9.17, 15) is 28.4 Å². The molecule has 10 heteroatoms. The Labute approximate surface area is 175 Å². The van der Waals surface area contributed by atoms with Crippen molar-refractivity contribution in [3.05, 3.63) is 63.7 Å². The number of aliphatic carboxylic acids is 1. The van der Waals surface area contributed by atoms with Gasteiger partial charge in [-0.25, -0.2) is 8.42 Å². The minimum Gasteiger partial charge on any atom is -0.497 e. The lowest BCUT2D eigenvalue weighted by Crippen LogP contribution is -2.47. The molecular weight excluding hydrogens is 412 g/mol. The van der Waals surface area contributed by atoms with Gasteiger partial charge in [-0.1, -0.05) is 26.0 Å². The third-order valence-electron chi connectivity index (χ3n) is 4.67. The van der Waals surface area contributed by atoms with Gasteiger partial charge in [0.1, 0.15) is 11.8 Å². The van der Waals surface area contributed by atoms with E-state index in [1.165, 1.54) is 43.5 Å². The summed E-state index contributed by atoms with van der Waals surface area (Å²) in [5.41, 5.74) is 0.578. The number of ether oxygens (including phenoxy) is 1. The molecule has 1 atom stereocenters. The second-order valence-corrected chi connectivity index (χ2v) is 9.02. The summed E-state index contributed by atoms with van der Waals surface area (Å²) in [5.74, 6) is -1.40. The molecule has 0 amide bonds. The number of nitro groups is 1. The maximum atomic E-state index is 13.4. The van der Waals surface area contributed by atoms with Gasteiger partial charge in [-0.15, -0.1) is 0 Å². The zero-order valence-electron chi connectivity index (χ0n) is 17.1. The van der Waals surface area contributed by atoms with Gasteiger partial charge in [0.2, 0.25) is 10.0 Å². The summed E-state index contributed by atoms with van der Waals surface area (Å²) in [6.45, 7) is 4.45. The van der Waals surface area contributed by atoms with Crippen molar-refractivity contribution in [2.75, 3.05) is 7.11 Å². The van der Waals surface area contributed by atoms with Crippen LogP contribution in [0.25, 0.3) is 0 Å². The van der Waals surface area contributed by atoms with Gasteiger partial charge in [0.15, 0.2) is 0 Å². The summed E-state index contributed by atoms with van der Waals surface area (Å²) >= 11 is 0. The number of carboxylic acids is 1. The fourth-order valence-electron chi connectivity index (χ4n) is 3.09. The number of hydrogen-bond donors (Lipinski definition) is 1. The van der Waals surface area contributed by atoms with Crippen LogP contribution in [-0.4, -0.2) is 41.9 Å². The number of nitro benzene ring substituents is 1. The van der Waals surface area contributed by atoms with Crippen LogP contribution in [0.2, 0.25) is 0 Å². The lowest BCUT2D eigenvalue weighted by atomic mass is 10.0. The van der Waals surface area contributed by atoms with Crippen LogP contribution in [-0.2, 0) is 21.4 Å². The summed E-state index contributed by atoms with van der Waals surface area (Å²) in [5, 5.41) is 21.0. The number of methoxy groups -OCH3 is 1. The summed E-state index contributed by atoms with van der Waals surface area (Å²) in [7, 11) is -2.79. The summed E-state index contributed by atoms with van der Waals surface area (Å²) in [6.07, 6.45) is 0. The average molecular weight is 436 g/mol. The van der Waals surface area contributed by atoms with Gasteiger partial charge in [-0.3, -0.25) is 14.9 Å². The molecule has 162 valence electrons. The minimum atomic E-state index is -4.23. The van der Waals surface area contributed by atoms with Crippen molar-refractivity contribution in [2.45, 2.75) is 38.3 Å². The molecule has 9 nitrogen and oxygen atoms in total. The number of sulfonamides is 1. The van der Waals surface area contributed by atoms with E-state index in [2.05, 4.69) is 0 Å². The molecule has 0 aliphatic rings. The monoisotopic (exact) mass is 436 g/mol. The van der Waals surface area contributed by atoms with Crippen molar-refractivity contribution in [1.82, 2.24) is 4.31 Å². The van der Waals surface area contributed by atoms with E-state index in [1.807, 2.05) is 0 Å². The normalized spacial score (nSPS) is 12.7. The van der Waals surface area contributed by atoms with Crippen LogP contribution in [0.4, 0.5) is 5.69 Å². The molecule has 0 unspecified atom stereocenters. The largest absolute Gasteiger partial charge is 0.497 e. The molecule has 0 spiro atoms. The Morgan fingerprint density at radius 3 is 2.27 bits per heavy atom. The molecule has 1 N–H and O–H groups in total. The van der Waals surface area contributed by atoms with Crippen LogP contribution in [0.3, 0.4) is 0 Å². The Morgan fingerprint density at radius 1 is 1.20 bits per heavy atom. The predicted octanol–water partition coefficient (Wildman–Crippen LogP) is 3.21. The lowest BCUT2D eigenvalue weighted by molar-refractivity contribution is -0.385. The lowest BCUT2D eigenvalue weighted by Gasteiger charge is -2.30. The van der Waals surface area contributed by atoms with Gasteiger partial charge < -0.3 is 9.84 Å². The third-order valence-corrected chi connectivity index (χ3v) is 6.51. The Balaban J connectivity index is 2.58. The molecule has 0 fully saturated rings. The van der Waals surface area contributed by atoms with Crippen molar-refractivity contribution in [1.29, 1.82) is 0 Å². The smallest absolute Gasteiger partial charge is 0.322 e. The second-order valence-electron chi connectivity index (χ2n) is 7.13. The molecule has 2 aromatic rings. The Morgan fingerprint density at radius 2 is 1.80 bits per heavy atom. The Kier molecular flexibility index (Phi) is 7.16. The number of carboxylic acid groups (broad SMARTS) is 1. The maximum absolute atomic E-state index is 13.4. The first-order valence-electron chi connectivity index (χ1n) is 9.11. The zero-order chi connectivity index (χ0) is 22.6. The molecule has 0 radical (unpaired) electrons. The molecule has 0 aliphatic heterocycles. The molecule has 2 aromatic carbocycles. The van der Waals surface area contributed by atoms with Crippen molar-refractivity contribution >= 4 is 21.7 Å². The Hall–Kier alpha value is -2.98. The highest BCUT2D eigenvalue weighted by Gasteiger charge is 2.38. The van der Waals surface area contributed by atoms with Crippen molar-refractivity contribution in [3.63, 3.8) is 0 Å². The fraction of sp³-hybridized carbons (Fsp3) is 0.350. The zero-order valence-corrected chi connectivity index (χ0v) is 17.9. The quantitative estimate of drug-likeness (QED) is 0.472. The number of hydrogen-bond acceptors (Lipinski definition) is 6. The topological polar surface area (TPSA) is 127 Å². The van der Waals surface area contributed by atoms with E-state index in [4.69, 9.17) is 4.74 Å². The summed E-state index contributed by atoms with van der Waals surface area (Å²) in [6, 6.07) is 8.56. The molecule has 2 rings (SSSR count). The SMILES string of the molecule is COc1ccc(S(=O)(=O)N(Cc2ccc(C)c([N+](=O)[O-])c2)[C@@H](C(=O)O)C(C)C)cc1. The summed E-state index contributed by atoms with van der Waals surface area (Å²) in [4.78, 5) is 22.5. The van der Waals surface area contributed by atoms with Gasteiger partial charge >= 0.3 is 5.97 Å². The van der Waals surface area contributed by atoms with Crippen LogP contribution in [0.5, 0.6) is 5.75 Å². The molecule has 0 saturated heterocycles. The van der Waals surface area contributed by atoms with Crippen LogP contribution in [0.15, 0.2) is 47.4 Å². The minimum absolute atomic E-state index is 0.100. The first-order chi connectivity index (χ1) is 14.0. The first-order valence-corrected chi connectivity index (χ1v) is 10.6. The number of aryl methyl sites for hydroxylation is 1. The van der Waals surface area contributed by atoms with Crippen LogP contribution < -0.4 is 4.74 Å². The van der Waals surface area contributed by atoms with E-state index >= 15 is 0 Å². The number of benzene rings is 2. The van der Waals surface area contributed by atoms with Gasteiger partial charge in [0, 0.05) is 18.2 Å². The van der Waals surface area contributed by atoms with E-state index in [0.29, 0.717) is 16.9 Å². The molecule has 0 saturated carbocycles. The average Bonchev–Trinajstić information content (AvgIpc) is 2.68. The van der Waals surface area contributed by atoms with E-state index in [0.717, 1.165) is 4.31 Å². The fourth-order valence-corrected chi connectivity index (χ4v) is 4.79. The maximum Gasteiger partial charge on any atom is 0.322 e. The van der Waals surface area contributed by atoms with Crippen molar-refractivity contribution in [3.8, 4) is 5.75 Å². The van der Waals surface area contributed by atoms with Crippen molar-refractivity contribution in [2.24, 2.45) is 5.92 Å². The first kappa shape index (κ1) is 23.3. The highest BCUT2D eigenvalue weighted by molar-refractivity contribution is 7.89. The second kappa shape index (κ2) is 9.23. The molecule has 30 heavy (non-hydrogen) atoms. The van der Waals surface area contributed by atoms with Crippen LogP contribution >= 0.6 is 0 Å². The number of rotatable bonds is 9. The van der Waals surface area contributed by atoms with Gasteiger partial charge in [0.25, 0.3) is 5.69 Å². The number of nitrogens with zero attached hydrogens (tertiary/aromatic N) is 2. The van der Waals surface area contributed by atoms with E-state index in [-0.39, 0.29) is 17.1 Å². The molecular formula is C20H24N2O7S. The molecule has 0 aliphatic carbocycles. The molecule has 0 aromatic heterocycles. The van der Waals surface area contributed by atoms with Crippen LogP contribution in [0, 0.1) is 23.0 Å². The van der Waals surface area contributed by atoms with Gasteiger partial charge in [-0.05, 0) is 42.7 Å². The van der Waals surface area contributed by atoms with Gasteiger partial charge in [0.05, 0.1) is 16.9 Å². The molecule has 0 heterocycles.